The van der Waals surface area contributed by atoms with Crippen LogP contribution in [-0.4, -0.2) is 56.7 Å². The first kappa shape index (κ1) is 35.9. The molecule has 284 valence electrons. The number of aryl methyl sites for hydroxylation is 2. The molecule has 2 saturated heterocycles. The van der Waals surface area contributed by atoms with Gasteiger partial charge in [0.05, 0.1) is 46.4 Å². The number of fused-ring (bicyclic) bond motifs is 5. The van der Waals surface area contributed by atoms with Crippen LogP contribution in [0.25, 0.3) is 20.7 Å². The molecule has 56 heavy (non-hydrogen) atoms. The highest BCUT2D eigenvalue weighted by molar-refractivity contribution is 7.22. The highest BCUT2D eigenvalue weighted by Gasteiger charge is 2.68. The number of aromatic hydroxyl groups is 1. The van der Waals surface area contributed by atoms with Gasteiger partial charge in [-0.05, 0) is 86.0 Å². The first-order valence-electron chi connectivity index (χ1n) is 18.1. The number of carbonyl (C=O) groups excluding carboxylic acids is 4. The molecule has 12 nitrogen and oxygen atoms in total. The first-order chi connectivity index (χ1) is 26.7. The Morgan fingerprint density at radius 2 is 1.77 bits per heavy atom. The van der Waals surface area contributed by atoms with Crippen LogP contribution in [-0.2, 0) is 26.2 Å². The normalized spacial score (nSPS) is 25.7. The van der Waals surface area contributed by atoms with Gasteiger partial charge in [-0.15, -0.1) is 11.3 Å². The summed E-state index contributed by atoms with van der Waals surface area (Å²) >= 11 is 7.84. The van der Waals surface area contributed by atoms with Gasteiger partial charge in [0.2, 0.25) is 23.6 Å². The second-order valence-electron chi connectivity index (χ2n) is 15.2. The average molecular weight is 791 g/mol. The molecule has 0 bridgehead atoms. The van der Waals surface area contributed by atoms with Crippen LogP contribution in [0.4, 0.5) is 11.5 Å². The largest absolute Gasteiger partial charge is 0.508 e. The Morgan fingerprint density at radius 1 is 0.982 bits per heavy atom. The summed E-state index contributed by atoms with van der Waals surface area (Å²) in [4.78, 5) is 73.4. The summed E-state index contributed by atoms with van der Waals surface area (Å²) in [6, 6.07) is 17.9. The van der Waals surface area contributed by atoms with E-state index < -0.39 is 64.6 Å². The minimum atomic E-state index is -1.41. The fraction of sp³-hybridized carbons (Fsp3) is 0.286. The van der Waals surface area contributed by atoms with E-state index in [4.69, 9.17) is 21.4 Å². The van der Waals surface area contributed by atoms with Crippen LogP contribution in [0.3, 0.4) is 0 Å². The zero-order valence-corrected chi connectivity index (χ0v) is 32.2. The van der Waals surface area contributed by atoms with E-state index in [2.05, 4.69) is 0 Å². The molecule has 5 aromatic rings. The number of amides is 4. The zero-order chi connectivity index (χ0) is 39.5. The number of hydrogen-bond acceptors (Lipinski definition) is 9. The molecule has 0 radical (unpaired) electrons. The van der Waals surface area contributed by atoms with Crippen molar-refractivity contribution in [3.05, 3.63) is 100 Å². The number of carbonyl (C=O) groups is 5. The topological polar surface area (TPSA) is 159 Å². The summed E-state index contributed by atoms with van der Waals surface area (Å²) in [5, 5.41) is 27.5. The molecule has 2 N–H and O–H groups in total. The molecule has 6 unspecified atom stereocenters. The van der Waals surface area contributed by atoms with Gasteiger partial charge in [-0.25, -0.2) is 9.69 Å². The van der Waals surface area contributed by atoms with Crippen LogP contribution in [0.2, 0.25) is 5.02 Å². The predicted molar refractivity (Wildman–Crippen MR) is 209 cm³/mol. The number of carboxylic acids is 1. The number of anilines is 2. The van der Waals surface area contributed by atoms with Crippen molar-refractivity contribution in [1.29, 1.82) is 0 Å². The average Bonchev–Trinajstić information content (AvgIpc) is 3.85. The van der Waals surface area contributed by atoms with E-state index in [-0.39, 0.29) is 35.7 Å². The zero-order valence-electron chi connectivity index (χ0n) is 30.6. The van der Waals surface area contributed by atoms with Crippen molar-refractivity contribution >= 4 is 74.1 Å². The standard InChI is InChI=1S/C42H35ClN4O8S/c1-19-27-15-21(43)8-13-32(27)56-36(19)30-18-33(45(3)44-30)47-38(50)29-17-28-24(35(42(29,2)41(47)54)25-10-9-23(55-4)16-31(25)48)11-12-26-34(28)39(51)46(37(26)49)22-7-5-6-20(14-22)40(52)53/h5-11,13-16,18,26,28-29,34-35,48H,12,17H2,1-4H3,(H,52,53). The number of hydrogen-bond donors (Lipinski definition) is 2. The molecule has 9 rings (SSSR count). The Labute approximate surface area is 329 Å². The van der Waals surface area contributed by atoms with Gasteiger partial charge in [0, 0.05) is 40.4 Å². The maximum Gasteiger partial charge on any atom is 0.335 e. The summed E-state index contributed by atoms with van der Waals surface area (Å²) in [7, 11) is 3.15. The van der Waals surface area contributed by atoms with Gasteiger partial charge in [0.1, 0.15) is 23.0 Å². The Bertz CT molecular complexity index is 2630. The highest BCUT2D eigenvalue weighted by atomic mass is 35.5. The van der Waals surface area contributed by atoms with E-state index in [1.54, 1.807) is 32.2 Å². The second-order valence-corrected chi connectivity index (χ2v) is 16.7. The molecule has 6 atom stereocenters. The van der Waals surface area contributed by atoms with E-state index >= 15 is 4.79 Å². The smallest absolute Gasteiger partial charge is 0.335 e. The van der Waals surface area contributed by atoms with Crippen molar-refractivity contribution in [2.24, 2.45) is 36.1 Å². The molecule has 3 fully saturated rings. The Morgan fingerprint density at radius 3 is 2.50 bits per heavy atom. The molecule has 4 heterocycles. The van der Waals surface area contributed by atoms with Gasteiger partial charge in [0.15, 0.2) is 0 Å². The third-order valence-electron chi connectivity index (χ3n) is 12.4. The number of allylic oxidation sites excluding steroid dienone is 2. The van der Waals surface area contributed by atoms with Gasteiger partial charge in [-0.3, -0.25) is 28.8 Å². The molecule has 0 spiro atoms. The Hall–Kier alpha value is -5.79. The lowest BCUT2D eigenvalue weighted by molar-refractivity contribution is -0.131. The number of imide groups is 2. The molecule has 2 aromatic heterocycles. The fourth-order valence-corrected chi connectivity index (χ4v) is 11.0. The third-order valence-corrected chi connectivity index (χ3v) is 13.9. The highest BCUT2D eigenvalue weighted by Crippen LogP contribution is 2.64. The number of ether oxygens (including phenoxy) is 1. The van der Waals surface area contributed by atoms with Gasteiger partial charge < -0.3 is 14.9 Å². The van der Waals surface area contributed by atoms with Crippen molar-refractivity contribution < 1.29 is 38.9 Å². The summed E-state index contributed by atoms with van der Waals surface area (Å²) in [6.07, 6.45) is 2.17. The number of aromatic carboxylic acids is 1. The van der Waals surface area contributed by atoms with E-state index in [0.717, 1.165) is 25.4 Å². The van der Waals surface area contributed by atoms with Crippen LogP contribution in [0.5, 0.6) is 11.5 Å². The quantitative estimate of drug-likeness (QED) is 0.135. The molecule has 3 aromatic carbocycles. The number of aromatic nitrogens is 2. The SMILES string of the molecule is COc1ccc(C2C3=CCC4C(=O)N(c5cccc(C(=O)O)c5)C(=O)C4C3CC3C(=O)N(c4cc(-c5sc6ccc(Cl)cc6c5C)nn4C)C(=O)C32C)c(O)c1. The number of rotatable bonds is 6. The minimum Gasteiger partial charge on any atom is -0.508 e. The van der Waals surface area contributed by atoms with Crippen LogP contribution in [0.1, 0.15) is 47.2 Å². The van der Waals surface area contributed by atoms with Crippen molar-refractivity contribution in [3.63, 3.8) is 0 Å². The van der Waals surface area contributed by atoms with E-state index in [0.29, 0.717) is 27.6 Å². The molecule has 4 aliphatic rings. The number of benzene rings is 3. The lowest BCUT2D eigenvalue weighted by Gasteiger charge is -2.49. The van der Waals surface area contributed by atoms with Crippen LogP contribution >= 0.6 is 22.9 Å². The van der Waals surface area contributed by atoms with Crippen LogP contribution in [0.15, 0.2) is 78.4 Å². The van der Waals surface area contributed by atoms with Crippen molar-refractivity contribution in [1.82, 2.24) is 9.78 Å². The molecular formula is C42H35ClN4O8S. The number of methoxy groups -OCH3 is 1. The molecular weight excluding hydrogens is 756 g/mol. The fourth-order valence-electron chi connectivity index (χ4n) is 9.72. The number of phenols is 1. The number of thiophene rings is 1. The van der Waals surface area contributed by atoms with E-state index in [9.17, 15) is 29.4 Å². The maximum absolute atomic E-state index is 15.1. The number of carboxylic acid groups (broad SMARTS) is 1. The minimum absolute atomic E-state index is 0.0688. The Kier molecular flexibility index (Phi) is 8.08. The number of nitrogens with zero attached hydrogens (tertiary/aromatic N) is 4. The van der Waals surface area contributed by atoms with Crippen molar-refractivity contribution in [2.45, 2.75) is 32.6 Å². The monoisotopic (exact) mass is 790 g/mol. The predicted octanol–water partition coefficient (Wildman–Crippen LogP) is 7.11. The molecule has 14 heteroatoms. The summed E-state index contributed by atoms with van der Waals surface area (Å²) in [5.74, 6) is -6.62. The van der Waals surface area contributed by atoms with Gasteiger partial charge >= 0.3 is 5.97 Å². The first-order valence-corrected chi connectivity index (χ1v) is 19.3. The van der Waals surface area contributed by atoms with Crippen LogP contribution in [0, 0.1) is 36.0 Å². The van der Waals surface area contributed by atoms with Gasteiger partial charge in [0.25, 0.3) is 0 Å². The van der Waals surface area contributed by atoms with E-state index in [1.165, 1.54) is 58.4 Å². The lowest BCUT2D eigenvalue weighted by atomic mass is 9.51. The molecule has 2 aliphatic carbocycles. The summed E-state index contributed by atoms with van der Waals surface area (Å²) in [6.45, 7) is 3.73. The summed E-state index contributed by atoms with van der Waals surface area (Å²) < 4.78 is 7.91. The van der Waals surface area contributed by atoms with Crippen molar-refractivity contribution in [2.75, 3.05) is 16.9 Å². The van der Waals surface area contributed by atoms with Crippen molar-refractivity contribution in [3.8, 4) is 22.1 Å². The molecule has 2 aliphatic heterocycles. The van der Waals surface area contributed by atoms with Crippen LogP contribution < -0.4 is 14.5 Å². The maximum atomic E-state index is 15.1. The van der Waals surface area contributed by atoms with E-state index in [1.807, 2.05) is 31.2 Å². The number of phenolic OH excluding ortho intramolecular Hbond substituents is 1. The summed E-state index contributed by atoms with van der Waals surface area (Å²) in [5.41, 5.74) is 1.32. The number of halogens is 1. The molecule has 4 amide bonds. The third kappa shape index (κ3) is 4.96. The molecule has 1 saturated carbocycles. The second kappa shape index (κ2) is 12.6. The lowest BCUT2D eigenvalue weighted by Crippen LogP contribution is -2.49. The van der Waals surface area contributed by atoms with Gasteiger partial charge in [-0.1, -0.05) is 35.4 Å². The Balaban J connectivity index is 1.15. The van der Waals surface area contributed by atoms with Gasteiger partial charge in [-0.2, -0.15) is 5.10 Å².